The minimum absolute atomic E-state index is 0.0462. The molecule has 2 heterocycles. The van der Waals surface area contributed by atoms with E-state index in [-0.39, 0.29) is 13.2 Å². The molecule has 0 aliphatic heterocycles. The van der Waals surface area contributed by atoms with Crippen molar-refractivity contribution in [1.29, 1.82) is 0 Å². The summed E-state index contributed by atoms with van der Waals surface area (Å²) in [5.41, 5.74) is -0.194. The molecule has 0 unspecified atom stereocenters. The van der Waals surface area contributed by atoms with Gasteiger partial charge in [-0.15, -0.1) is 16.4 Å². The summed E-state index contributed by atoms with van der Waals surface area (Å²) in [4.78, 5) is 15.7. The van der Waals surface area contributed by atoms with E-state index < -0.39 is 23.8 Å². The van der Waals surface area contributed by atoms with E-state index in [9.17, 15) is 13.6 Å². The number of alkyl halides is 2. The van der Waals surface area contributed by atoms with Crippen LogP contribution in [-0.2, 0) is 11.3 Å². The Morgan fingerprint density at radius 1 is 1.55 bits per heavy atom. The van der Waals surface area contributed by atoms with Gasteiger partial charge in [0.25, 0.3) is 6.43 Å². The van der Waals surface area contributed by atoms with Gasteiger partial charge in [-0.25, -0.2) is 23.2 Å². The van der Waals surface area contributed by atoms with Crippen molar-refractivity contribution >= 4 is 17.3 Å². The molecular weight excluding hydrogens is 290 g/mol. The number of rotatable bonds is 5. The van der Waals surface area contributed by atoms with Crippen LogP contribution in [0.25, 0.3) is 0 Å². The largest absolute Gasteiger partial charge is 0.461 e. The quantitative estimate of drug-likeness (QED) is 0.792. The van der Waals surface area contributed by atoms with E-state index in [2.05, 4.69) is 20.0 Å². The highest BCUT2D eigenvalue weighted by molar-refractivity contribution is 7.09. The molecule has 0 fully saturated rings. The van der Waals surface area contributed by atoms with Gasteiger partial charge in [0.15, 0.2) is 5.69 Å². The van der Waals surface area contributed by atoms with Crippen LogP contribution in [0.1, 0.15) is 40.2 Å². The second-order valence-electron chi connectivity index (χ2n) is 3.88. The molecular formula is C11H12F2N4O2S. The predicted molar refractivity (Wildman–Crippen MR) is 66.9 cm³/mol. The van der Waals surface area contributed by atoms with Gasteiger partial charge in [0, 0.05) is 11.1 Å². The van der Waals surface area contributed by atoms with Gasteiger partial charge in [0.1, 0.15) is 10.7 Å². The molecule has 9 heteroatoms. The maximum atomic E-state index is 13.1. The molecule has 0 spiro atoms. The molecule has 0 saturated heterocycles. The Balaban J connectivity index is 2.31. The highest BCUT2D eigenvalue weighted by Gasteiger charge is 2.27. The Morgan fingerprint density at radius 3 is 2.85 bits per heavy atom. The van der Waals surface area contributed by atoms with Crippen LogP contribution in [0.5, 0.6) is 0 Å². The summed E-state index contributed by atoms with van der Waals surface area (Å²) in [5, 5.41) is 9.51. The van der Waals surface area contributed by atoms with Gasteiger partial charge in [0.2, 0.25) is 0 Å². The lowest BCUT2D eigenvalue weighted by Crippen LogP contribution is -2.12. The molecule has 20 heavy (non-hydrogen) atoms. The van der Waals surface area contributed by atoms with Crippen LogP contribution in [0, 0.1) is 6.92 Å². The third-order valence-corrected chi connectivity index (χ3v) is 3.35. The van der Waals surface area contributed by atoms with Gasteiger partial charge >= 0.3 is 5.97 Å². The topological polar surface area (TPSA) is 69.9 Å². The van der Waals surface area contributed by atoms with E-state index in [1.165, 1.54) is 11.3 Å². The summed E-state index contributed by atoms with van der Waals surface area (Å²) in [6.07, 6.45) is -2.87. The number of carbonyl (C=O) groups excluding carboxylic acids is 1. The number of hydrogen-bond donors (Lipinski definition) is 0. The molecule has 0 aromatic carbocycles. The Bertz CT molecular complexity index is 611. The Hall–Kier alpha value is -1.90. The van der Waals surface area contributed by atoms with Crippen LogP contribution in [0.2, 0.25) is 0 Å². The first-order chi connectivity index (χ1) is 9.52. The maximum absolute atomic E-state index is 13.1. The third-order valence-electron chi connectivity index (χ3n) is 2.40. The van der Waals surface area contributed by atoms with E-state index in [0.717, 1.165) is 10.4 Å². The molecule has 0 aliphatic rings. The SMILES string of the molecule is CCOC(=O)c1nnn(Cc2nc(C)cs2)c1C(F)F. The predicted octanol–water partition coefficient (Wildman–Crippen LogP) is 2.21. The van der Waals surface area contributed by atoms with E-state index in [0.29, 0.717) is 5.01 Å². The van der Waals surface area contributed by atoms with Gasteiger partial charge < -0.3 is 4.74 Å². The lowest BCUT2D eigenvalue weighted by Gasteiger charge is -2.05. The molecule has 0 bridgehead atoms. The normalized spacial score (nSPS) is 11.1. The fraction of sp³-hybridized carbons (Fsp3) is 0.455. The standard InChI is InChI=1S/C11H12F2N4O2S/c1-3-19-11(18)8-9(10(12)13)17(16-15-8)4-7-14-6(2)5-20-7/h5,10H,3-4H2,1-2H3. The molecule has 0 atom stereocenters. The monoisotopic (exact) mass is 302 g/mol. The first-order valence-electron chi connectivity index (χ1n) is 5.82. The molecule has 0 amide bonds. The zero-order chi connectivity index (χ0) is 14.7. The Kier molecular flexibility index (Phi) is 4.38. The van der Waals surface area contributed by atoms with Crippen LogP contribution in [0.4, 0.5) is 8.78 Å². The molecule has 6 nitrogen and oxygen atoms in total. The summed E-state index contributed by atoms with van der Waals surface area (Å²) in [5.74, 6) is -0.899. The second kappa shape index (κ2) is 6.04. The van der Waals surface area contributed by atoms with E-state index in [4.69, 9.17) is 0 Å². The third kappa shape index (κ3) is 2.98. The molecule has 0 N–H and O–H groups in total. The average Bonchev–Trinajstić information content (AvgIpc) is 2.96. The van der Waals surface area contributed by atoms with Gasteiger partial charge in [-0.2, -0.15) is 0 Å². The Morgan fingerprint density at radius 2 is 2.30 bits per heavy atom. The zero-order valence-electron chi connectivity index (χ0n) is 10.8. The van der Waals surface area contributed by atoms with Gasteiger partial charge in [0.05, 0.1) is 13.2 Å². The summed E-state index contributed by atoms with van der Waals surface area (Å²) >= 11 is 1.33. The smallest absolute Gasteiger partial charge is 0.361 e. The number of aromatic nitrogens is 4. The minimum atomic E-state index is -2.87. The zero-order valence-corrected chi connectivity index (χ0v) is 11.7. The highest BCUT2D eigenvalue weighted by Crippen LogP contribution is 2.23. The van der Waals surface area contributed by atoms with Crippen molar-refractivity contribution < 1.29 is 18.3 Å². The lowest BCUT2D eigenvalue weighted by molar-refractivity contribution is 0.0506. The van der Waals surface area contributed by atoms with Crippen molar-refractivity contribution in [3.63, 3.8) is 0 Å². The van der Waals surface area contributed by atoms with Crippen molar-refractivity contribution in [2.24, 2.45) is 0 Å². The average molecular weight is 302 g/mol. The molecule has 0 saturated carbocycles. The van der Waals surface area contributed by atoms with Crippen molar-refractivity contribution in [2.75, 3.05) is 6.61 Å². The van der Waals surface area contributed by atoms with Crippen LogP contribution in [-0.4, -0.2) is 32.6 Å². The molecule has 2 aromatic rings. The van der Waals surface area contributed by atoms with E-state index >= 15 is 0 Å². The summed E-state index contributed by atoms with van der Waals surface area (Å²) in [6, 6.07) is 0. The van der Waals surface area contributed by atoms with Crippen molar-refractivity contribution in [1.82, 2.24) is 20.0 Å². The first kappa shape index (κ1) is 14.5. The van der Waals surface area contributed by atoms with Gasteiger partial charge in [-0.1, -0.05) is 5.21 Å². The fourth-order valence-electron chi connectivity index (χ4n) is 1.60. The lowest BCUT2D eigenvalue weighted by atomic mass is 10.3. The maximum Gasteiger partial charge on any atom is 0.361 e. The summed E-state index contributed by atoms with van der Waals surface area (Å²) in [7, 11) is 0. The van der Waals surface area contributed by atoms with Gasteiger partial charge in [-0.05, 0) is 13.8 Å². The number of ether oxygens (including phenoxy) is 1. The van der Waals surface area contributed by atoms with Crippen LogP contribution in [0.3, 0.4) is 0 Å². The number of esters is 1. The molecule has 108 valence electrons. The van der Waals surface area contributed by atoms with Crippen LogP contribution >= 0.6 is 11.3 Å². The van der Waals surface area contributed by atoms with Crippen LogP contribution < -0.4 is 0 Å². The van der Waals surface area contributed by atoms with Crippen molar-refractivity contribution in [2.45, 2.75) is 26.8 Å². The van der Waals surface area contributed by atoms with E-state index in [1.54, 1.807) is 19.2 Å². The second-order valence-corrected chi connectivity index (χ2v) is 4.83. The molecule has 2 rings (SSSR count). The highest BCUT2D eigenvalue weighted by atomic mass is 32.1. The number of hydrogen-bond acceptors (Lipinski definition) is 6. The Labute approximate surface area is 117 Å². The minimum Gasteiger partial charge on any atom is -0.461 e. The van der Waals surface area contributed by atoms with Crippen molar-refractivity contribution in [3.8, 4) is 0 Å². The van der Waals surface area contributed by atoms with Crippen molar-refractivity contribution in [3.05, 3.63) is 27.5 Å². The number of thiazole rings is 1. The number of aryl methyl sites for hydroxylation is 1. The first-order valence-corrected chi connectivity index (χ1v) is 6.70. The number of carbonyl (C=O) groups is 1. The molecule has 0 radical (unpaired) electrons. The van der Waals surface area contributed by atoms with E-state index in [1.807, 2.05) is 0 Å². The fourth-order valence-corrected chi connectivity index (χ4v) is 2.35. The molecule has 0 aliphatic carbocycles. The summed E-state index contributed by atoms with van der Waals surface area (Å²) < 4.78 is 31.9. The van der Waals surface area contributed by atoms with Gasteiger partial charge in [-0.3, -0.25) is 0 Å². The van der Waals surface area contributed by atoms with Crippen LogP contribution in [0.15, 0.2) is 5.38 Å². The molecule has 2 aromatic heterocycles. The number of halogens is 2. The summed E-state index contributed by atoms with van der Waals surface area (Å²) in [6.45, 7) is 3.52. The number of nitrogens with zero attached hydrogens (tertiary/aromatic N) is 4.